The van der Waals surface area contributed by atoms with Gasteiger partial charge in [0.05, 0.1) is 5.39 Å². The number of hydrogen-bond acceptors (Lipinski definition) is 4. The first-order chi connectivity index (χ1) is 9.18. The number of nitrogen functional groups attached to an aromatic ring is 1. The molecule has 1 aromatic heterocycles. The molecule has 0 unspecified atom stereocenters. The molecule has 4 heteroatoms. The van der Waals surface area contributed by atoms with E-state index in [0.717, 1.165) is 0 Å². The van der Waals surface area contributed by atoms with Gasteiger partial charge in [-0.05, 0) is 12.1 Å². The zero-order valence-electron chi connectivity index (χ0n) is 9.96. The van der Waals surface area contributed by atoms with Crippen molar-refractivity contribution >= 4 is 16.7 Å². The molecule has 0 amide bonds. The molecule has 3 N–H and O–H groups in total. The Morgan fingerprint density at radius 2 is 1.74 bits per heavy atom. The van der Waals surface area contributed by atoms with Crippen molar-refractivity contribution in [3.05, 3.63) is 58.8 Å². The van der Waals surface area contributed by atoms with E-state index in [1.807, 2.05) is 6.07 Å². The van der Waals surface area contributed by atoms with Gasteiger partial charge < -0.3 is 15.3 Å². The summed E-state index contributed by atoms with van der Waals surface area (Å²) in [6.45, 7) is 0. The fourth-order valence-corrected chi connectivity index (χ4v) is 2.04. The van der Waals surface area contributed by atoms with Crippen molar-refractivity contribution in [3.8, 4) is 17.1 Å². The number of rotatable bonds is 1. The summed E-state index contributed by atoms with van der Waals surface area (Å²) in [6.07, 6.45) is 0. The van der Waals surface area contributed by atoms with Gasteiger partial charge in [-0.15, -0.1) is 0 Å². The average molecular weight is 253 g/mol. The van der Waals surface area contributed by atoms with Crippen molar-refractivity contribution < 1.29 is 9.52 Å². The highest BCUT2D eigenvalue weighted by atomic mass is 16.4. The van der Waals surface area contributed by atoms with E-state index in [9.17, 15) is 9.90 Å². The number of hydrogen-bond donors (Lipinski definition) is 2. The predicted octanol–water partition coefficient (Wildman–Crippen LogP) is 2.75. The van der Waals surface area contributed by atoms with Crippen LogP contribution in [0.15, 0.2) is 57.7 Å². The highest BCUT2D eigenvalue weighted by Crippen LogP contribution is 2.31. The summed E-state index contributed by atoms with van der Waals surface area (Å²) >= 11 is 0. The molecule has 94 valence electrons. The number of aromatic hydroxyl groups is 1. The summed E-state index contributed by atoms with van der Waals surface area (Å²) in [7, 11) is 0. The molecule has 0 aliphatic heterocycles. The molecule has 0 saturated carbocycles. The molecule has 0 bridgehead atoms. The summed E-state index contributed by atoms with van der Waals surface area (Å²) < 4.78 is 5.61. The third kappa shape index (κ3) is 1.74. The molecule has 0 fully saturated rings. The van der Waals surface area contributed by atoms with Crippen LogP contribution in [-0.2, 0) is 0 Å². The molecule has 1 heterocycles. The second-order valence-electron chi connectivity index (χ2n) is 4.20. The van der Waals surface area contributed by atoms with Crippen LogP contribution >= 0.6 is 0 Å². The van der Waals surface area contributed by atoms with Crippen molar-refractivity contribution in [2.75, 3.05) is 5.73 Å². The molecular formula is C15H11NO3. The lowest BCUT2D eigenvalue weighted by Crippen LogP contribution is -2.05. The minimum atomic E-state index is -0.516. The minimum Gasteiger partial charge on any atom is -0.502 e. The normalized spacial score (nSPS) is 10.7. The Balaban J connectivity index is 2.41. The van der Waals surface area contributed by atoms with Crippen molar-refractivity contribution in [3.63, 3.8) is 0 Å². The van der Waals surface area contributed by atoms with Crippen LogP contribution in [0.2, 0.25) is 0 Å². The first-order valence-corrected chi connectivity index (χ1v) is 5.78. The quantitative estimate of drug-likeness (QED) is 0.654. The maximum Gasteiger partial charge on any atom is 0.237 e. The van der Waals surface area contributed by atoms with Gasteiger partial charge in [0.25, 0.3) is 0 Å². The van der Waals surface area contributed by atoms with Crippen LogP contribution in [-0.4, -0.2) is 5.11 Å². The standard InChI is InChI=1S/C15H11NO3/c16-10-7-4-8-11-12(10)13(17)14(18)15(19-11)9-5-2-1-3-6-9/h1-8,18H,16H2. The van der Waals surface area contributed by atoms with E-state index >= 15 is 0 Å². The maximum atomic E-state index is 12.2. The van der Waals surface area contributed by atoms with Crippen LogP contribution in [0.5, 0.6) is 5.75 Å². The molecule has 3 aromatic rings. The Labute approximate surface area is 108 Å². The first-order valence-electron chi connectivity index (χ1n) is 5.78. The van der Waals surface area contributed by atoms with Gasteiger partial charge in [-0.25, -0.2) is 0 Å². The molecule has 0 atom stereocenters. The van der Waals surface area contributed by atoms with Gasteiger partial charge in [-0.2, -0.15) is 0 Å². The van der Waals surface area contributed by atoms with Gasteiger partial charge >= 0.3 is 0 Å². The van der Waals surface area contributed by atoms with Gasteiger partial charge in [0, 0.05) is 11.3 Å². The molecule has 0 saturated heterocycles. The molecule has 0 aliphatic rings. The van der Waals surface area contributed by atoms with E-state index in [4.69, 9.17) is 10.2 Å². The van der Waals surface area contributed by atoms with E-state index < -0.39 is 11.2 Å². The largest absolute Gasteiger partial charge is 0.502 e. The third-order valence-electron chi connectivity index (χ3n) is 2.96. The molecule has 4 nitrogen and oxygen atoms in total. The summed E-state index contributed by atoms with van der Waals surface area (Å²) in [6, 6.07) is 13.9. The summed E-state index contributed by atoms with van der Waals surface area (Å²) in [5.41, 5.74) is 6.52. The summed E-state index contributed by atoms with van der Waals surface area (Å²) in [5.74, 6) is -0.264. The zero-order valence-corrected chi connectivity index (χ0v) is 9.96. The van der Waals surface area contributed by atoms with E-state index in [-0.39, 0.29) is 11.1 Å². The van der Waals surface area contributed by atoms with Crippen LogP contribution in [0.4, 0.5) is 5.69 Å². The predicted molar refractivity (Wildman–Crippen MR) is 74.0 cm³/mol. The van der Waals surface area contributed by atoms with Gasteiger partial charge in [0.2, 0.25) is 11.2 Å². The second-order valence-corrected chi connectivity index (χ2v) is 4.20. The Morgan fingerprint density at radius 3 is 2.47 bits per heavy atom. The lowest BCUT2D eigenvalue weighted by atomic mass is 10.1. The van der Waals surface area contributed by atoms with E-state index in [2.05, 4.69) is 0 Å². The van der Waals surface area contributed by atoms with Crippen molar-refractivity contribution in [2.45, 2.75) is 0 Å². The van der Waals surface area contributed by atoms with Crippen LogP contribution in [0.3, 0.4) is 0 Å². The summed E-state index contributed by atoms with van der Waals surface area (Å²) in [4.78, 5) is 12.2. The lowest BCUT2D eigenvalue weighted by molar-refractivity contribution is 0.449. The van der Waals surface area contributed by atoms with Crippen molar-refractivity contribution in [1.29, 1.82) is 0 Å². The van der Waals surface area contributed by atoms with Gasteiger partial charge in [-0.3, -0.25) is 4.79 Å². The summed E-state index contributed by atoms with van der Waals surface area (Å²) in [5, 5.41) is 10.2. The maximum absolute atomic E-state index is 12.2. The van der Waals surface area contributed by atoms with E-state index in [1.54, 1.807) is 42.5 Å². The molecule has 0 spiro atoms. The van der Waals surface area contributed by atoms with E-state index in [0.29, 0.717) is 16.8 Å². The molecule has 0 aliphatic carbocycles. The SMILES string of the molecule is Nc1cccc2oc(-c3ccccc3)c(O)c(=O)c12. The van der Waals surface area contributed by atoms with Crippen LogP contribution in [0.1, 0.15) is 0 Å². The highest BCUT2D eigenvalue weighted by molar-refractivity contribution is 5.91. The Morgan fingerprint density at radius 1 is 1.00 bits per heavy atom. The number of benzene rings is 2. The molecule has 3 rings (SSSR count). The Hall–Kier alpha value is -2.75. The van der Waals surface area contributed by atoms with Crippen LogP contribution in [0, 0.1) is 0 Å². The molecule has 0 radical (unpaired) electrons. The van der Waals surface area contributed by atoms with Gasteiger partial charge in [0.1, 0.15) is 5.58 Å². The number of nitrogens with two attached hydrogens (primary N) is 1. The lowest BCUT2D eigenvalue weighted by Gasteiger charge is -2.06. The molecular weight excluding hydrogens is 242 g/mol. The Kier molecular flexibility index (Phi) is 2.49. The highest BCUT2D eigenvalue weighted by Gasteiger charge is 2.16. The second kappa shape index (κ2) is 4.17. The van der Waals surface area contributed by atoms with Crippen molar-refractivity contribution in [1.82, 2.24) is 0 Å². The average Bonchev–Trinajstić information content (AvgIpc) is 2.43. The first kappa shape index (κ1) is 11.3. The van der Waals surface area contributed by atoms with Gasteiger partial charge in [0.15, 0.2) is 5.76 Å². The minimum absolute atomic E-state index is 0.156. The molecule has 19 heavy (non-hydrogen) atoms. The van der Waals surface area contributed by atoms with Gasteiger partial charge in [-0.1, -0.05) is 36.4 Å². The fraction of sp³-hybridized carbons (Fsp3) is 0. The van der Waals surface area contributed by atoms with E-state index in [1.165, 1.54) is 0 Å². The molecule has 2 aromatic carbocycles. The van der Waals surface area contributed by atoms with Crippen LogP contribution in [0.25, 0.3) is 22.3 Å². The smallest absolute Gasteiger partial charge is 0.237 e. The van der Waals surface area contributed by atoms with Crippen LogP contribution < -0.4 is 11.2 Å². The zero-order chi connectivity index (χ0) is 13.4. The number of anilines is 1. The van der Waals surface area contributed by atoms with Crippen molar-refractivity contribution in [2.24, 2.45) is 0 Å². The fourth-order valence-electron chi connectivity index (χ4n) is 2.04. The monoisotopic (exact) mass is 253 g/mol. The third-order valence-corrected chi connectivity index (χ3v) is 2.96. The Bertz CT molecular complexity index is 807. The number of fused-ring (bicyclic) bond motifs is 1. The topological polar surface area (TPSA) is 76.5 Å².